The summed E-state index contributed by atoms with van der Waals surface area (Å²) < 4.78 is 0. The molecule has 0 bridgehead atoms. The number of aliphatic hydroxyl groups excluding tert-OH is 1. The highest BCUT2D eigenvalue weighted by Gasteiger charge is 2.14. The van der Waals surface area contributed by atoms with Crippen molar-refractivity contribution in [3.05, 3.63) is 102 Å². The van der Waals surface area contributed by atoms with Crippen molar-refractivity contribution >= 4 is 17.3 Å². The molecule has 3 aromatic carbocycles. The number of carbonyl (C=O) groups excluding carboxylic acids is 2. The summed E-state index contributed by atoms with van der Waals surface area (Å²) in [5.41, 5.74) is 7.44. The van der Waals surface area contributed by atoms with E-state index < -0.39 is 5.92 Å². The van der Waals surface area contributed by atoms with E-state index in [-0.39, 0.29) is 11.7 Å². The SMILES string of the molecule is C=C(C)c1ccc(-c2ccc(C)cc2)cc1.CC.CC.CCCC.CNC(=O)C(C)C(C)=O.CO.Cc1ccccc1. The molecule has 0 saturated carbocycles. The van der Waals surface area contributed by atoms with Crippen LogP contribution in [0, 0.1) is 19.8 Å². The predicted octanol–water partition coefficient (Wildman–Crippen LogP) is 10.1. The van der Waals surface area contributed by atoms with Crippen molar-refractivity contribution in [2.45, 2.75) is 89.0 Å². The van der Waals surface area contributed by atoms with Crippen molar-refractivity contribution in [3.8, 4) is 11.1 Å². The lowest BCUT2D eigenvalue weighted by molar-refractivity contribution is -0.131. The number of rotatable bonds is 5. The zero-order chi connectivity index (χ0) is 33.5. The largest absolute Gasteiger partial charge is 0.400 e. The number of unbranched alkanes of at least 4 members (excludes halogenated alkanes) is 1. The Morgan fingerprint density at radius 3 is 1.31 bits per heavy atom. The van der Waals surface area contributed by atoms with E-state index in [2.05, 4.69) is 100 Å². The number of aryl methyl sites for hydroxylation is 2. The summed E-state index contributed by atoms with van der Waals surface area (Å²) >= 11 is 0. The molecule has 0 saturated heterocycles. The molecule has 2 N–H and O–H groups in total. The van der Waals surface area contributed by atoms with Crippen molar-refractivity contribution in [3.63, 3.8) is 0 Å². The molecule has 0 spiro atoms. The molecule has 0 aromatic heterocycles. The third-order valence-corrected chi connectivity index (χ3v) is 5.45. The Hall–Kier alpha value is -3.50. The number of ketones is 1. The van der Waals surface area contributed by atoms with Gasteiger partial charge in [0.2, 0.25) is 5.91 Å². The summed E-state index contributed by atoms with van der Waals surface area (Å²) in [6, 6.07) is 27.4. The molecule has 4 nitrogen and oxygen atoms in total. The van der Waals surface area contributed by atoms with Crippen molar-refractivity contribution in [1.82, 2.24) is 5.32 Å². The van der Waals surface area contributed by atoms with Gasteiger partial charge in [0, 0.05) is 14.2 Å². The molecule has 0 radical (unpaired) electrons. The molecule has 1 amide bonds. The van der Waals surface area contributed by atoms with E-state index in [9.17, 15) is 9.59 Å². The fourth-order valence-corrected chi connectivity index (χ4v) is 2.63. The van der Waals surface area contributed by atoms with E-state index in [0.717, 1.165) is 12.7 Å². The molecule has 1 unspecified atom stereocenters. The number of carbonyl (C=O) groups is 2. The lowest BCUT2D eigenvalue weighted by atomic mass is 10.0. The van der Waals surface area contributed by atoms with Gasteiger partial charge in [-0.05, 0) is 51.3 Å². The smallest absolute Gasteiger partial charge is 0.230 e. The standard InChI is InChI=1S/C16H16.C7H8.C6H11NO2.C4H10.2C2H6.CH4O/c1-12(2)14-8-10-16(11-9-14)15-6-4-13(3)5-7-15;1-7-5-3-2-4-6-7;1-4(5(2)8)6(9)7-3;1-3-4-2;3*1-2/h4-11H,1H2,2-3H3;2-6H,1H3;4H,1-3H3,(H,7,9);3-4H2,1-2H3;2*1-2H3;2H,1H3. The van der Waals surface area contributed by atoms with E-state index >= 15 is 0 Å². The van der Waals surface area contributed by atoms with E-state index in [1.165, 1.54) is 54.6 Å². The second-order valence-corrected chi connectivity index (χ2v) is 8.82. The minimum absolute atomic E-state index is 0.102. The highest BCUT2D eigenvalue weighted by molar-refractivity contribution is 5.99. The first-order valence-electron chi connectivity index (χ1n) is 15.1. The number of benzene rings is 3. The van der Waals surface area contributed by atoms with Gasteiger partial charge in [0.25, 0.3) is 0 Å². The van der Waals surface area contributed by atoms with E-state index in [1.54, 1.807) is 6.92 Å². The van der Waals surface area contributed by atoms with E-state index in [4.69, 9.17) is 5.11 Å². The number of nitrogens with one attached hydrogen (secondary N) is 1. The summed E-state index contributed by atoms with van der Waals surface area (Å²) in [6.07, 6.45) is 2.64. The zero-order valence-corrected chi connectivity index (χ0v) is 29.0. The normalized spacial score (nSPS) is 9.10. The van der Waals surface area contributed by atoms with Crippen molar-refractivity contribution < 1.29 is 14.7 Å². The van der Waals surface area contributed by atoms with Gasteiger partial charge >= 0.3 is 0 Å². The average molecular weight is 580 g/mol. The third kappa shape index (κ3) is 24.3. The van der Waals surface area contributed by atoms with Crippen LogP contribution in [0.3, 0.4) is 0 Å². The van der Waals surface area contributed by atoms with Crippen molar-refractivity contribution in [1.29, 1.82) is 0 Å². The summed E-state index contributed by atoms with van der Waals surface area (Å²) in [4.78, 5) is 21.1. The number of aliphatic hydroxyl groups is 1. The first-order chi connectivity index (χ1) is 20.1. The fourth-order valence-electron chi connectivity index (χ4n) is 2.63. The zero-order valence-electron chi connectivity index (χ0n) is 29.0. The molecule has 4 heteroatoms. The van der Waals surface area contributed by atoms with Gasteiger partial charge in [-0.2, -0.15) is 0 Å². The molecule has 42 heavy (non-hydrogen) atoms. The van der Waals surface area contributed by atoms with E-state index in [0.29, 0.717) is 0 Å². The van der Waals surface area contributed by atoms with Crippen LogP contribution in [0.15, 0.2) is 85.4 Å². The molecule has 236 valence electrons. The molecule has 0 fully saturated rings. The minimum Gasteiger partial charge on any atom is -0.400 e. The molecule has 0 heterocycles. The Bertz CT molecular complexity index is 1020. The maximum absolute atomic E-state index is 10.6. The molecule has 0 aliphatic heterocycles. The number of allylic oxidation sites excluding steroid dienone is 1. The Kier molecular flexibility index (Phi) is 34.7. The van der Waals surface area contributed by atoms with Gasteiger partial charge in [-0.1, -0.05) is 157 Å². The monoisotopic (exact) mass is 579 g/mol. The van der Waals surface area contributed by atoms with E-state index in [1.807, 2.05) is 52.8 Å². The van der Waals surface area contributed by atoms with Crippen molar-refractivity contribution in [2.24, 2.45) is 5.92 Å². The predicted molar refractivity (Wildman–Crippen MR) is 188 cm³/mol. The van der Waals surface area contributed by atoms with Crippen LogP contribution in [0.5, 0.6) is 0 Å². The summed E-state index contributed by atoms with van der Waals surface area (Å²) in [7, 11) is 2.52. The topological polar surface area (TPSA) is 66.4 Å². The average Bonchev–Trinajstić information content (AvgIpc) is 3.04. The van der Waals surface area contributed by atoms with Gasteiger partial charge in [-0.25, -0.2) is 0 Å². The van der Waals surface area contributed by atoms with Gasteiger partial charge in [-0.15, -0.1) is 0 Å². The maximum Gasteiger partial charge on any atom is 0.230 e. The Labute approximate surface area is 259 Å². The van der Waals surface area contributed by atoms with Crippen LogP contribution < -0.4 is 5.32 Å². The highest BCUT2D eigenvalue weighted by atomic mass is 16.2. The van der Waals surface area contributed by atoms with Crippen LogP contribution in [0.2, 0.25) is 0 Å². The van der Waals surface area contributed by atoms with Crippen LogP contribution in [-0.4, -0.2) is 31.0 Å². The van der Waals surface area contributed by atoms with Crippen LogP contribution in [-0.2, 0) is 9.59 Å². The molecular formula is C38H61NO3. The van der Waals surface area contributed by atoms with Gasteiger partial charge in [-0.3, -0.25) is 9.59 Å². The lowest BCUT2D eigenvalue weighted by Gasteiger charge is -2.04. The lowest BCUT2D eigenvalue weighted by Crippen LogP contribution is -2.29. The second kappa shape index (κ2) is 32.0. The quantitative estimate of drug-likeness (QED) is 0.296. The first-order valence-corrected chi connectivity index (χ1v) is 15.1. The number of Topliss-reactive ketones (excluding diaryl/α,β-unsaturated/α-hetero) is 1. The van der Waals surface area contributed by atoms with Crippen LogP contribution >= 0.6 is 0 Å². The fraction of sp³-hybridized carbons (Fsp3) is 0.421. The van der Waals surface area contributed by atoms with Crippen molar-refractivity contribution in [2.75, 3.05) is 14.2 Å². The minimum atomic E-state index is -0.505. The Morgan fingerprint density at radius 2 is 1.07 bits per heavy atom. The molecule has 0 aliphatic rings. The molecule has 3 rings (SSSR count). The Balaban J connectivity index is -0.000000238. The second-order valence-electron chi connectivity index (χ2n) is 8.82. The van der Waals surface area contributed by atoms with Crippen LogP contribution in [0.1, 0.15) is 91.8 Å². The summed E-state index contributed by atoms with van der Waals surface area (Å²) in [5.74, 6) is -0.827. The third-order valence-electron chi connectivity index (χ3n) is 5.45. The number of amides is 1. The van der Waals surface area contributed by atoms with Crippen LogP contribution in [0.4, 0.5) is 0 Å². The van der Waals surface area contributed by atoms with Gasteiger partial charge in [0.1, 0.15) is 5.78 Å². The number of hydrogen-bond acceptors (Lipinski definition) is 3. The summed E-state index contributed by atoms with van der Waals surface area (Å²) in [5, 5.41) is 9.39. The summed E-state index contributed by atoms with van der Waals surface area (Å²) in [6.45, 7) is 25.5. The van der Waals surface area contributed by atoms with Gasteiger partial charge in [0.15, 0.2) is 0 Å². The maximum atomic E-state index is 10.6. The first kappa shape index (κ1) is 45.5. The molecule has 3 aromatic rings. The van der Waals surface area contributed by atoms with Gasteiger partial charge < -0.3 is 10.4 Å². The molecular weight excluding hydrogens is 518 g/mol. The molecule has 0 aliphatic carbocycles. The highest BCUT2D eigenvalue weighted by Crippen LogP contribution is 2.22. The Morgan fingerprint density at radius 1 is 0.714 bits per heavy atom. The molecule has 1 atom stereocenters. The van der Waals surface area contributed by atoms with Crippen LogP contribution in [0.25, 0.3) is 16.7 Å². The number of hydrogen-bond donors (Lipinski definition) is 2. The van der Waals surface area contributed by atoms with Gasteiger partial charge in [0.05, 0.1) is 5.92 Å².